The Morgan fingerprint density at radius 1 is 1.16 bits per heavy atom. The van der Waals surface area contributed by atoms with Crippen molar-refractivity contribution >= 4 is 38.1 Å². The van der Waals surface area contributed by atoms with Gasteiger partial charge < -0.3 is 9.15 Å². The molecule has 0 amide bonds. The second-order valence-corrected chi connectivity index (χ2v) is 8.85. The number of anilines is 1. The van der Waals surface area contributed by atoms with Gasteiger partial charge >= 0.3 is 0 Å². The van der Waals surface area contributed by atoms with Gasteiger partial charge in [0.1, 0.15) is 17.0 Å². The number of rotatable bonds is 6. The van der Waals surface area contributed by atoms with Crippen molar-refractivity contribution in [2.75, 3.05) is 31.7 Å². The number of sulfonamides is 1. The van der Waals surface area contributed by atoms with Gasteiger partial charge in [-0.05, 0) is 31.2 Å². The van der Waals surface area contributed by atoms with Crippen LogP contribution in [0.2, 0.25) is 0 Å². The first-order valence-electron chi connectivity index (χ1n) is 9.52. The standard InChI is InChI=1S/C20H20N4O6S/c1-14(20-12-15-4-2-3-5-19(15)30-20)21-22-17-7-6-16(13-18(17)24(25)26)31(27,28)23-8-10-29-11-9-23/h2-7,12-13,22H,8-11H2,1H3/b21-14+. The summed E-state index contributed by atoms with van der Waals surface area (Å²) >= 11 is 0. The van der Waals surface area contributed by atoms with E-state index in [1.807, 2.05) is 30.3 Å². The number of fused-ring (bicyclic) bond motifs is 1. The Morgan fingerprint density at radius 3 is 2.61 bits per heavy atom. The molecule has 1 fully saturated rings. The van der Waals surface area contributed by atoms with Crippen LogP contribution in [-0.4, -0.2) is 49.7 Å². The minimum atomic E-state index is -3.85. The lowest BCUT2D eigenvalue weighted by atomic mass is 10.2. The summed E-state index contributed by atoms with van der Waals surface area (Å²) in [5.74, 6) is 0.517. The molecule has 1 aromatic heterocycles. The second kappa shape index (κ2) is 8.46. The van der Waals surface area contributed by atoms with Crippen LogP contribution in [0.3, 0.4) is 0 Å². The topological polar surface area (TPSA) is 127 Å². The highest BCUT2D eigenvalue weighted by atomic mass is 32.2. The number of para-hydroxylation sites is 1. The molecule has 0 spiro atoms. The first-order valence-corrected chi connectivity index (χ1v) is 11.0. The predicted molar refractivity (Wildman–Crippen MR) is 115 cm³/mol. The first-order chi connectivity index (χ1) is 14.9. The van der Waals surface area contributed by atoms with Crippen LogP contribution >= 0.6 is 0 Å². The molecule has 0 radical (unpaired) electrons. The molecular weight excluding hydrogens is 424 g/mol. The Morgan fingerprint density at radius 2 is 1.90 bits per heavy atom. The number of nitrogens with one attached hydrogen (secondary N) is 1. The number of hydrogen-bond acceptors (Lipinski definition) is 8. The molecule has 31 heavy (non-hydrogen) atoms. The summed E-state index contributed by atoms with van der Waals surface area (Å²) in [6, 6.07) is 13.0. The Kier molecular flexibility index (Phi) is 5.72. The van der Waals surface area contributed by atoms with E-state index in [1.54, 1.807) is 6.92 Å². The van der Waals surface area contributed by atoms with Crippen molar-refractivity contribution in [3.05, 3.63) is 64.4 Å². The lowest BCUT2D eigenvalue weighted by molar-refractivity contribution is -0.384. The summed E-state index contributed by atoms with van der Waals surface area (Å²) in [6.45, 7) is 2.69. The molecule has 2 aromatic carbocycles. The normalized spacial score (nSPS) is 15.8. The minimum absolute atomic E-state index is 0.0707. The van der Waals surface area contributed by atoms with Crippen LogP contribution in [0.15, 0.2) is 62.9 Å². The zero-order valence-electron chi connectivity index (χ0n) is 16.6. The van der Waals surface area contributed by atoms with E-state index < -0.39 is 20.6 Å². The fourth-order valence-electron chi connectivity index (χ4n) is 3.21. The number of nitro benzene ring substituents is 1. The average Bonchev–Trinajstić information content (AvgIpc) is 3.22. The summed E-state index contributed by atoms with van der Waals surface area (Å²) in [7, 11) is -3.85. The van der Waals surface area contributed by atoms with Crippen molar-refractivity contribution < 1.29 is 22.5 Å². The molecule has 0 atom stereocenters. The van der Waals surface area contributed by atoms with Gasteiger partial charge in [0.15, 0.2) is 5.76 Å². The van der Waals surface area contributed by atoms with Crippen molar-refractivity contribution in [3.8, 4) is 0 Å². The molecule has 3 aromatic rings. The maximum atomic E-state index is 12.8. The molecule has 4 rings (SSSR count). The van der Waals surface area contributed by atoms with Gasteiger partial charge in [-0.3, -0.25) is 15.5 Å². The number of morpholine rings is 1. The lowest BCUT2D eigenvalue weighted by Gasteiger charge is -2.26. The SMILES string of the molecule is C/C(=N\Nc1ccc(S(=O)(=O)N2CCOCC2)cc1[N+](=O)[O-])c1cc2ccccc2o1. The molecule has 1 saturated heterocycles. The summed E-state index contributed by atoms with van der Waals surface area (Å²) in [6.07, 6.45) is 0. The lowest BCUT2D eigenvalue weighted by Crippen LogP contribution is -2.40. The third-order valence-corrected chi connectivity index (χ3v) is 6.79. The molecule has 10 nitrogen and oxygen atoms in total. The van der Waals surface area contributed by atoms with Gasteiger partial charge in [0.25, 0.3) is 5.69 Å². The second-order valence-electron chi connectivity index (χ2n) is 6.91. The molecule has 1 aliphatic heterocycles. The Bertz CT molecular complexity index is 1230. The maximum absolute atomic E-state index is 12.8. The molecule has 1 aliphatic rings. The molecule has 0 saturated carbocycles. The van der Waals surface area contributed by atoms with Gasteiger partial charge in [-0.2, -0.15) is 9.41 Å². The number of hydrazone groups is 1. The zero-order chi connectivity index (χ0) is 22.0. The number of nitro groups is 1. The van der Waals surface area contributed by atoms with E-state index in [4.69, 9.17) is 9.15 Å². The smallest absolute Gasteiger partial charge is 0.295 e. The highest BCUT2D eigenvalue weighted by Crippen LogP contribution is 2.29. The predicted octanol–water partition coefficient (Wildman–Crippen LogP) is 3.20. The van der Waals surface area contributed by atoms with Gasteiger partial charge in [0.05, 0.1) is 23.0 Å². The maximum Gasteiger partial charge on any atom is 0.295 e. The zero-order valence-corrected chi connectivity index (χ0v) is 17.5. The van der Waals surface area contributed by atoms with E-state index >= 15 is 0 Å². The monoisotopic (exact) mass is 444 g/mol. The van der Waals surface area contributed by atoms with Crippen molar-refractivity contribution in [1.82, 2.24) is 4.31 Å². The number of benzene rings is 2. The fraction of sp³-hybridized carbons (Fsp3) is 0.250. The summed E-state index contributed by atoms with van der Waals surface area (Å²) in [4.78, 5) is 10.8. The van der Waals surface area contributed by atoms with Gasteiger partial charge in [0.2, 0.25) is 10.0 Å². The van der Waals surface area contributed by atoms with Gasteiger partial charge in [-0.25, -0.2) is 8.42 Å². The van der Waals surface area contributed by atoms with Crippen molar-refractivity contribution in [3.63, 3.8) is 0 Å². The van der Waals surface area contributed by atoms with E-state index in [1.165, 1.54) is 16.4 Å². The average molecular weight is 444 g/mol. The van der Waals surface area contributed by atoms with Crippen LogP contribution in [0.5, 0.6) is 0 Å². The van der Waals surface area contributed by atoms with E-state index in [-0.39, 0.29) is 36.9 Å². The number of ether oxygens (including phenoxy) is 1. The van der Waals surface area contributed by atoms with Crippen LogP contribution in [-0.2, 0) is 14.8 Å². The largest absolute Gasteiger partial charge is 0.455 e. The van der Waals surface area contributed by atoms with Gasteiger partial charge in [0, 0.05) is 24.5 Å². The summed E-state index contributed by atoms with van der Waals surface area (Å²) < 4.78 is 37.8. The van der Waals surface area contributed by atoms with Crippen LogP contribution < -0.4 is 5.43 Å². The number of nitrogens with zero attached hydrogens (tertiary/aromatic N) is 3. The Hall–Kier alpha value is -3.28. The number of hydrogen-bond donors (Lipinski definition) is 1. The number of furan rings is 1. The fourth-order valence-corrected chi connectivity index (χ4v) is 4.64. The van der Waals surface area contributed by atoms with Crippen LogP contribution in [0.1, 0.15) is 12.7 Å². The highest BCUT2D eigenvalue weighted by Gasteiger charge is 2.28. The molecule has 0 bridgehead atoms. The van der Waals surface area contributed by atoms with Crippen LogP contribution in [0.25, 0.3) is 11.0 Å². The molecule has 11 heteroatoms. The molecule has 1 N–H and O–H groups in total. The van der Waals surface area contributed by atoms with Crippen molar-refractivity contribution in [2.24, 2.45) is 5.10 Å². The van der Waals surface area contributed by atoms with E-state index in [0.717, 1.165) is 11.5 Å². The van der Waals surface area contributed by atoms with Crippen molar-refractivity contribution in [2.45, 2.75) is 11.8 Å². The van der Waals surface area contributed by atoms with E-state index in [9.17, 15) is 18.5 Å². The summed E-state index contributed by atoms with van der Waals surface area (Å²) in [5.41, 5.74) is 3.52. The first kappa shape index (κ1) is 21.0. The summed E-state index contributed by atoms with van der Waals surface area (Å²) in [5, 5.41) is 16.7. The van der Waals surface area contributed by atoms with Gasteiger partial charge in [-0.1, -0.05) is 18.2 Å². The third-order valence-electron chi connectivity index (χ3n) is 4.90. The quantitative estimate of drug-likeness (QED) is 0.351. The minimum Gasteiger partial charge on any atom is -0.455 e. The molecule has 0 aliphatic carbocycles. The van der Waals surface area contributed by atoms with Crippen LogP contribution in [0, 0.1) is 10.1 Å². The van der Waals surface area contributed by atoms with Crippen molar-refractivity contribution in [1.29, 1.82) is 0 Å². The van der Waals surface area contributed by atoms with E-state index in [0.29, 0.717) is 17.1 Å². The van der Waals surface area contributed by atoms with E-state index in [2.05, 4.69) is 10.5 Å². The molecule has 2 heterocycles. The molecule has 162 valence electrons. The Labute approximate surface area is 178 Å². The highest BCUT2D eigenvalue weighted by molar-refractivity contribution is 7.89. The third kappa shape index (κ3) is 4.29. The van der Waals surface area contributed by atoms with Crippen LogP contribution in [0.4, 0.5) is 11.4 Å². The Balaban J connectivity index is 1.61. The van der Waals surface area contributed by atoms with Gasteiger partial charge in [-0.15, -0.1) is 0 Å². The molecule has 0 unspecified atom stereocenters. The molecular formula is C20H20N4O6S.